The number of fused-ring (bicyclic) bond motifs is 2. The number of para-hydroxylation sites is 1. The fourth-order valence-corrected chi connectivity index (χ4v) is 4.18. The Hall–Kier alpha value is -1.85. The lowest BCUT2D eigenvalue weighted by Gasteiger charge is -2.19. The smallest absolute Gasteiger partial charge is 0.349 e. The van der Waals surface area contributed by atoms with Crippen molar-refractivity contribution in [2.75, 3.05) is 13.1 Å². The standard InChI is InChI=1S/C18H20N2O3.ClH/c1-10-12-4-2-3-5-15(12)23-18(22)16(10)17(21)20-8-11-6-7-14(19)13(11)9-20;/h2-5,11,13-14H,6-9,19H2,1H3;1H. The zero-order valence-corrected chi connectivity index (χ0v) is 14.3. The SMILES string of the molecule is Cc1c(C(=O)N2CC3CCC(N)C3C2)c(=O)oc2ccccc12.Cl. The number of carbonyl (C=O) groups is 1. The van der Waals surface area contributed by atoms with Gasteiger partial charge >= 0.3 is 5.63 Å². The molecule has 128 valence electrons. The van der Waals surface area contributed by atoms with E-state index < -0.39 is 5.63 Å². The van der Waals surface area contributed by atoms with Gasteiger partial charge in [-0.25, -0.2) is 4.79 Å². The number of nitrogens with two attached hydrogens (primary N) is 1. The Balaban J connectivity index is 0.00000169. The van der Waals surface area contributed by atoms with Gasteiger partial charge in [0, 0.05) is 24.5 Å². The van der Waals surface area contributed by atoms with Crippen molar-refractivity contribution in [3.05, 3.63) is 45.8 Å². The molecule has 1 saturated carbocycles. The molecule has 0 radical (unpaired) electrons. The second-order valence-corrected chi connectivity index (χ2v) is 6.76. The topological polar surface area (TPSA) is 76.5 Å². The van der Waals surface area contributed by atoms with Crippen LogP contribution in [0.3, 0.4) is 0 Å². The van der Waals surface area contributed by atoms with Crippen LogP contribution in [-0.4, -0.2) is 29.9 Å². The number of rotatable bonds is 1. The van der Waals surface area contributed by atoms with Gasteiger partial charge in [-0.05, 0) is 43.2 Å². The van der Waals surface area contributed by atoms with Crippen molar-refractivity contribution in [2.45, 2.75) is 25.8 Å². The van der Waals surface area contributed by atoms with Crippen LogP contribution in [0.2, 0.25) is 0 Å². The summed E-state index contributed by atoms with van der Waals surface area (Å²) in [5.74, 6) is 0.622. The molecule has 2 aromatic rings. The number of likely N-dealkylation sites (tertiary alicyclic amines) is 1. The Labute approximate surface area is 146 Å². The first kappa shape index (κ1) is 17.0. The Morgan fingerprint density at radius 1 is 1.25 bits per heavy atom. The van der Waals surface area contributed by atoms with Crippen LogP contribution in [0.5, 0.6) is 0 Å². The van der Waals surface area contributed by atoms with E-state index in [0.717, 1.165) is 18.2 Å². The minimum Gasteiger partial charge on any atom is -0.422 e. The summed E-state index contributed by atoms with van der Waals surface area (Å²) in [6.07, 6.45) is 2.11. The quantitative estimate of drug-likeness (QED) is 0.802. The van der Waals surface area contributed by atoms with E-state index in [4.69, 9.17) is 10.2 Å². The summed E-state index contributed by atoms with van der Waals surface area (Å²) in [5, 5.41) is 0.812. The van der Waals surface area contributed by atoms with Gasteiger partial charge in [-0.3, -0.25) is 4.79 Å². The third-order valence-electron chi connectivity index (χ3n) is 5.49. The molecule has 3 atom stereocenters. The summed E-state index contributed by atoms with van der Waals surface area (Å²) in [7, 11) is 0. The molecule has 1 aromatic heterocycles. The Morgan fingerprint density at radius 2 is 2.00 bits per heavy atom. The van der Waals surface area contributed by atoms with Crippen molar-refractivity contribution in [3.63, 3.8) is 0 Å². The van der Waals surface area contributed by atoms with Gasteiger partial charge < -0.3 is 15.1 Å². The summed E-state index contributed by atoms with van der Waals surface area (Å²) in [4.78, 5) is 27.0. The Kier molecular flexibility index (Phi) is 4.40. The Bertz CT molecular complexity index is 848. The van der Waals surface area contributed by atoms with Crippen molar-refractivity contribution in [1.29, 1.82) is 0 Å². The molecular formula is C18H21ClN2O3. The molecule has 0 spiro atoms. The van der Waals surface area contributed by atoms with Crippen LogP contribution in [0.1, 0.15) is 28.8 Å². The fraction of sp³-hybridized carbons (Fsp3) is 0.444. The molecule has 1 aliphatic heterocycles. The van der Waals surface area contributed by atoms with Gasteiger partial charge in [0.15, 0.2) is 0 Å². The first-order chi connectivity index (χ1) is 11.1. The maximum absolute atomic E-state index is 12.9. The lowest BCUT2D eigenvalue weighted by molar-refractivity contribution is 0.0775. The lowest BCUT2D eigenvalue weighted by atomic mass is 9.98. The molecule has 6 heteroatoms. The summed E-state index contributed by atoms with van der Waals surface area (Å²) >= 11 is 0. The zero-order valence-electron chi connectivity index (χ0n) is 13.5. The molecule has 1 saturated heterocycles. The monoisotopic (exact) mass is 348 g/mol. The molecule has 3 unspecified atom stereocenters. The normalized spacial score (nSPS) is 25.6. The van der Waals surface area contributed by atoms with Crippen LogP contribution in [0.4, 0.5) is 0 Å². The van der Waals surface area contributed by atoms with Crippen molar-refractivity contribution < 1.29 is 9.21 Å². The summed E-state index contributed by atoms with van der Waals surface area (Å²) in [5.41, 5.74) is 6.97. The number of benzene rings is 1. The van der Waals surface area contributed by atoms with Gasteiger partial charge in [0.05, 0.1) is 0 Å². The fourth-order valence-electron chi connectivity index (χ4n) is 4.18. The van der Waals surface area contributed by atoms with Gasteiger partial charge in [0.2, 0.25) is 0 Å². The third-order valence-corrected chi connectivity index (χ3v) is 5.49. The molecule has 1 aromatic carbocycles. The van der Waals surface area contributed by atoms with Gasteiger partial charge in [-0.1, -0.05) is 18.2 Å². The molecule has 2 N–H and O–H groups in total. The van der Waals surface area contributed by atoms with Crippen molar-refractivity contribution >= 4 is 29.3 Å². The number of nitrogens with zero attached hydrogens (tertiary/aromatic N) is 1. The van der Waals surface area contributed by atoms with Crippen LogP contribution in [0.25, 0.3) is 11.0 Å². The maximum atomic E-state index is 12.9. The first-order valence-corrected chi connectivity index (χ1v) is 8.13. The highest BCUT2D eigenvalue weighted by molar-refractivity contribution is 5.99. The van der Waals surface area contributed by atoms with Crippen LogP contribution >= 0.6 is 12.4 Å². The average molecular weight is 349 g/mol. The number of hydrogen-bond donors (Lipinski definition) is 1. The average Bonchev–Trinajstić information content (AvgIpc) is 3.10. The van der Waals surface area contributed by atoms with Crippen LogP contribution < -0.4 is 11.4 Å². The van der Waals surface area contributed by atoms with E-state index in [1.165, 1.54) is 0 Å². The molecule has 4 rings (SSSR count). The highest BCUT2D eigenvalue weighted by Gasteiger charge is 2.43. The maximum Gasteiger partial charge on any atom is 0.349 e. The third kappa shape index (κ3) is 2.52. The number of aryl methyl sites for hydroxylation is 1. The lowest BCUT2D eigenvalue weighted by Crippen LogP contribution is -2.36. The number of amides is 1. The van der Waals surface area contributed by atoms with Crippen molar-refractivity contribution in [2.24, 2.45) is 17.6 Å². The number of carbonyl (C=O) groups excluding carboxylic acids is 1. The molecule has 2 aliphatic rings. The first-order valence-electron chi connectivity index (χ1n) is 8.13. The minimum absolute atomic E-state index is 0. The Morgan fingerprint density at radius 3 is 2.75 bits per heavy atom. The van der Waals surface area contributed by atoms with Gasteiger partial charge in [0.25, 0.3) is 5.91 Å². The molecular weight excluding hydrogens is 328 g/mol. The van der Waals surface area contributed by atoms with Crippen LogP contribution in [0.15, 0.2) is 33.5 Å². The molecule has 0 bridgehead atoms. The summed E-state index contributed by atoms with van der Waals surface area (Å²) < 4.78 is 5.34. The highest BCUT2D eigenvalue weighted by Crippen LogP contribution is 2.37. The molecule has 24 heavy (non-hydrogen) atoms. The van der Waals surface area contributed by atoms with E-state index in [9.17, 15) is 9.59 Å². The second-order valence-electron chi connectivity index (χ2n) is 6.76. The molecule has 2 fully saturated rings. The van der Waals surface area contributed by atoms with Crippen LogP contribution in [0, 0.1) is 18.8 Å². The predicted molar refractivity (Wildman–Crippen MR) is 94.6 cm³/mol. The van der Waals surface area contributed by atoms with Crippen molar-refractivity contribution in [1.82, 2.24) is 4.90 Å². The number of hydrogen-bond acceptors (Lipinski definition) is 4. The van der Waals surface area contributed by atoms with Gasteiger partial charge in [0.1, 0.15) is 11.1 Å². The second kappa shape index (κ2) is 6.22. The summed E-state index contributed by atoms with van der Waals surface area (Å²) in [6.45, 7) is 3.16. The summed E-state index contributed by atoms with van der Waals surface area (Å²) in [6, 6.07) is 7.49. The molecule has 5 nitrogen and oxygen atoms in total. The largest absolute Gasteiger partial charge is 0.422 e. The molecule has 2 heterocycles. The number of halogens is 1. The van der Waals surface area contributed by atoms with E-state index in [1.807, 2.05) is 25.1 Å². The van der Waals surface area contributed by atoms with Crippen molar-refractivity contribution in [3.8, 4) is 0 Å². The highest BCUT2D eigenvalue weighted by atomic mass is 35.5. The van der Waals surface area contributed by atoms with E-state index in [1.54, 1.807) is 11.0 Å². The van der Waals surface area contributed by atoms with E-state index in [-0.39, 0.29) is 29.9 Å². The van der Waals surface area contributed by atoms with Gasteiger partial charge in [-0.2, -0.15) is 0 Å². The minimum atomic E-state index is -0.549. The molecule has 1 aliphatic carbocycles. The van der Waals surface area contributed by atoms with Gasteiger partial charge in [-0.15, -0.1) is 12.4 Å². The van der Waals surface area contributed by atoms with Crippen LogP contribution in [-0.2, 0) is 0 Å². The van der Waals surface area contributed by atoms with E-state index >= 15 is 0 Å². The zero-order chi connectivity index (χ0) is 16.1. The molecule has 1 amide bonds. The van der Waals surface area contributed by atoms with E-state index in [2.05, 4.69) is 0 Å². The predicted octanol–water partition coefficient (Wildman–Crippen LogP) is 2.33. The van der Waals surface area contributed by atoms with E-state index in [0.29, 0.717) is 36.1 Å².